The van der Waals surface area contributed by atoms with Crippen LogP contribution in [0.1, 0.15) is 108 Å². The molecule has 2 saturated heterocycles. The third-order valence-corrected chi connectivity index (χ3v) is 8.06. The fourth-order valence-electron chi connectivity index (χ4n) is 5.88. The van der Waals surface area contributed by atoms with Crippen molar-refractivity contribution in [3.05, 3.63) is 59.7 Å². The van der Waals surface area contributed by atoms with Gasteiger partial charge in [-0.15, -0.1) is 0 Å². The number of hydrogen-bond acceptors (Lipinski definition) is 6. The summed E-state index contributed by atoms with van der Waals surface area (Å²) in [6, 6.07) is 15.0. The normalized spacial score (nSPS) is 18.9. The summed E-state index contributed by atoms with van der Waals surface area (Å²) in [7, 11) is 0. The van der Waals surface area contributed by atoms with E-state index in [1.807, 2.05) is 76.2 Å². The summed E-state index contributed by atoms with van der Waals surface area (Å²) in [5.74, 6) is 0.305. The first-order chi connectivity index (χ1) is 20.6. The lowest BCUT2D eigenvalue weighted by Gasteiger charge is -2.16. The highest BCUT2D eigenvalue weighted by molar-refractivity contribution is 6.06. The van der Waals surface area contributed by atoms with Crippen LogP contribution in [0.4, 0.5) is 0 Å². The predicted octanol–water partition coefficient (Wildman–Crippen LogP) is 6.38. The molecular weight excluding hydrogens is 544 g/mol. The molecule has 2 aromatic carbocycles. The second kappa shape index (κ2) is 15.2. The van der Waals surface area contributed by atoms with E-state index in [4.69, 9.17) is 9.47 Å². The van der Waals surface area contributed by atoms with E-state index >= 15 is 0 Å². The van der Waals surface area contributed by atoms with Gasteiger partial charge >= 0.3 is 0 Å². The maximum absolute atomic E-state index is 12.9. The molecule has 2 atom stereocenters. The number of unbranched alkanes of at least 4 members (excludes halogenated alkanes) is 6. The van der Waals surface area contributed by atoms with Gasteiger partial charge in [0, 0.05) is 25.9 Å². The van der Waals surface area contributed by atoms with Crippen LogP contribution in [0.15, 0.2) is 48.5 Å². The summed E-state index contributed by atoms with van der Waals surface area (Å²) >= 11 is 0. The lowest BCUT2D eigenvalue weighted by atomic mass is 9.97. The van der Waals surface area contributed by atoms with Crippen molar-refractivity contribution in [3.63, 3.8) is 0 Å². The first kappa shape index (κ1) is 32.2. The molecule has 43 heavy (non-hydrogen) atoms. The number of ether oxygens (including phenoxy) is 2. The molecule has 0 N–H and O–H groups in total. The third-order valence-electron chi connectivity index (χ3n) is 8.06. The van der Waals surface area contributed by atoms with E-state index < -0.39 is 11.8 Å². The van der Waals surface area contributed by atoms with Crippen molar-refractivity contribution in [2.75, 3.05) is 13.1 Å². The van der Waals surface area contributed by atoms with Gasteiger partial charge in [-0.1, -0.05) is 56.4 Å². The van der Waals surface area contributed by atoms with Crippen molar-refractivity contribution in [1.82, 2.24) is 9.80 Å². The highest BCUT2D eigenvalue weighted by Gasteiger charge is 2.40. The van der Waals surface area contributed by atoms with Crippen molar-refractivity contribution < 1.29 is 28.7 Å². The maximum atomic E-state index is 12.9. The SMILES string of the molecule is CC(C)Oc1ccc(C2CC(=O)N(CCCCCCCCCN3C(=O)CC(c4ccc(OC(C)C)cc4)C3=O)C2=O)cc1. The van der Waals surface area contributed by atoms with Crippen LogP contribution < -0.4 is 9.47 Å². The lowest BCUT2D eigenvalue weighted by molar-refractivity contribution is -0.140. The Hall–Kier alpha value is -3.68. The van der Waals surface area contributed by atoms with E-state index in [0.717, 1.165) is 67.6 Å². The van der Waals surface area contributed by atoms with Crippen LogP contribution in [-0.2, 0) is 19.2 Å². The van der Waals surface area contributed by atoms with E-state index in [2.05, 4.69) is 0 Å². The van der Waals surface area contributed by atoms with Crippen LogP contribution in [0.3, 0.4) is 0 Å². The zero-order valence-electron chi connectivity index (χ0n) is 26.1. The molecule has 0 spiro atoms. The Balaban J connectivity index is 1.09. The molecule has 0 radical (unpaired) electrons. The zero-order chi connectivity index (χ0) is 30.9. The molecule has 4 amide bonds. The number of nitrogens with zero attached hydrogens (tertiary/aromatic N) is 2. The van der Waals surface area contributed by atoms with Crippen molar-refractivity contribution >= 4 is 23.6 Å². The Morgan fingerprint density at radius 1 is 0.558 bits per heavy atom. The average molecular weight is 591 g/mol. The van der Waals surface area contributed by atoms with Crippen LogP contribution in [0, 0.1) is 0 Å². The minimum atomic E-state index is -0.407. The summed E-state index contributed by atoms with van der Waals surface area (Å²) < 4.78 is 11.4. The standard InChI is InChI=1S/C35H46N2O6/c1-24(2)42-28-16-12-26(13-17-28)30-22-32(38)36(34(30)40)20-10-8-6-5-7-9-11-21-37-33(39)23-31(35(37)41)27-14-18-29(19-15-27)43-25(3)4/h12-19,24-25,30-31H,5-11,20-23H2,1-4H3. The fraction of sp³-hybridized carbons (Fsp3) is 0.543. The van der Waals surface area contributed by atoms with Crippen molar-refractivity contribution in [2.24, 2.45) is 0 Å². The second-order valence-electron chi connectivity index (χ2n) is 12.2. The van der Waals surface area contributed by atoms with Crippen LogP contribution in [0.5, 0.6) is 11.5 Å². The Bertz CT molecular complexity index is 1160. The van der Waals surface area contributed by atoms with E-state index in [9.17, 15) is 19.2 Å². The number of benzene rings is 2. The first-order valence-corrected chi connectivity index (χ1v) is 15.9. The summed E-state index contributed by atoms with van der Waals surface area (Å²) in [5.41, 5.74) is 1.71. The predicted molar refractivity (Wildman–Crippen MR) is 165 cm³/mol. The third kappa shape index (κ3) is 8.68. The van der Waals surface area contributed by atoms with Gasteiger partial charge in [0.25, 0.3) is 0 Å². The largest absolute Gasteiger partial charge is 0.491 e. The fourth-order valence-corrected chi connectivity index (χ4v) is 5.88. The molecule has 2 aromatic rings. The van der Waals surface area contributed by atoms with Gasteiger partial charge in [-0.2, -0.15) is 0 Å². The number of carbonyl (C=O) groups excluding carboxylic acids is 4. The Morgan fingerprint density at radius 3 is 1.21 bits per heavy atom. The number of amides is 4. The molecule has 4 rings (SSSR count). The van der Waals surface area contributed by atoms with E-state index in [0.29, 0.717) is 13.1 Å². The molecule has 2 fully saturated rings. The van der Waals surface area contributed by atoms with E-state index in [1.165, 1.54) is 9.80 Å². The van der Waals surface area contributed by atoms with Crippen molar-refractivity contribution in [1.29, 1.82) is 0 Å². The van der Waals surface area contributed by atoms with Gasteiger partial charge in [-0.25, -0.2) is 0 Å². The average Bonchev–Trinajstić information content (AvgIpc) is 3.41. The summed E-state index contributed by atoms with van der Waals surface area (Å²) in [6.45, 7) is 8.80. The number of likely N-dealkylation sites (tertiary alicyclic amines) is 2. The van der Waals surface area contributed by atoms with Gasteiger partial charge in [0.15, 0.2) is 0 Å². The molecule has 232 valence electrons. The quantitative estimate of drug-likeness (QED) is 0.166. The van der Waals surface area contributed by atoms with Gasteiger partial charge < -0.3 is 9.47 Å². The lowest BCUT2D eigenvalue weighted by Crippen LogP contribution is -2.31. The maximum Gasteiger partial charge on any atom is 0.237 e. The number of imide groups is 2. The summed E-state index contributed by atoms with van der Waals surface area (Å²) in [6.07, 6.45) is 7.22. The van der Waals surface area contributed by atoms with Crippen LogP contribution >= 0.6 is 0 Å². The number of rotatable bonds is 16. The van der Waals surface area contributed by atoms with E-state index in [-0.39, 0.29) is 48.7 Å². The molecule has 0 bridgehead atoms. The summed E-state index contributed by atoms with van der Waals surface area (Å²) in [4.78, 5) is 53.8. The molecule has 2 heterocycles. The topological polar surface area (TPSA) is 93.2 Å². The van der Waals surface area contributed by atoms with Gasteiger partial charge in [-0.3, -0.25) is 29.0 Å². The Kier molecular flexibility index (Phi) is 11.4. The second-order valence-corrected chi connectivity index (χ2v) is 12.2. The van der Waals surface area contributed by atoms with Crippen LogP contribution in [-0.4, -0.2) is 58.7 Å². The Labute approximate surface area is 255 Å². The molecule has 2 aliphatic heterocycles. The van der Waals surface area contributed by atoms with Crippen LogP contribution in [0.2, 0.25) is 0 Å². The molecule has 0 aromatic heterocycles. The minimum Gasteiger partial charge on any atom is -0.491 e. The minimum absolute atomic E-state index is 0.0795. The first-order valence-electron chi connectivity index (χ1n) is 15.9. The molecule has 0 saturated carbocycles. The molecule has 8 nitrogen and oxygen atoms in total. The van der Waals surface area contributed by atoms with Gasteiger partial charge in [-0.05, 0) is 75.9 Å². The van der Waals surface area contributed by atoms with Gasteiger partial charge in [0.2, 0.25) is 23.6 Å². The smallest absolute Gasteiger partial charge is 0.237 e. The van der Waals surface area contributed by atoms with Gasteiger partial charge in [0.05, 0.1) is 24.0 Å². The van der Waals surface area contributed by atoms with E-state index in [1.54, 1.807) is 0 Å². The van der Waals surface area contributed by atoms with Crippen LogP contribution in [0.25, 0.3) is 0 Å². The molecule has 8 heteroatoms. The number of hydrogen-bond donors (Lipinski definition) is 0. The Morgan fingerprint density at radius 2 is 0.884 bits per heavy atom. The monoisotopic (exact) mass is 590 g/mol. The molecule has 2 aliphatic rings. The molecular formula is C35H46N2O6. The van der Waals surface area contributed by atoms with Crippen molar-refractivity contribution in [2.45, 2.75) is 110 Å². The highest BCUT2D eigenvalue weighted by Crippen LogP contribution is 2.32. The number of carbonyl (C=O) groups is 4. The molecule has 2 unspecified atom stereocenters. The van der Waals surface area contributed by atoms with Crippen molar-refractivity contribution in [3.8, 4) is 11.5 Å². The molecule has 0 aliphatic carbocycles. The van der Waals surface area contributed by atoms with Gasteiger partial charge in [0.1, 0.15) is 11.5 Å². The highest BCUT2D eigenvalue weighted by atomic mass is 16.5. The zero-order valence-corrected chi connectivity index (χ0v) is 26.1. The summed E-state index contributed by atoms with van der Waals surface area (Å²) in [5, 5.41) is 0.